The Balaban J connectivity index is 1.95. The smallest absolute Gasteiger partial charge is 0.230 e. The van der Waals surface area contributed by atoms with Gasteiger partial charge in [-0.15, -0.1) is 0 Å². The molecule has 1 aromatic heterocycles. The molecule has 23 heavy (non-hydrogen) atoms. The molecule has 0 spiro atoms. The number of nitrogens with zero attached hydrogens (tertiary/aromatic N) is 2. The van der Waals surface area contributed by atoms with Gasteiger partial charge in [0, 0.05) is 32.7 Å². The maximum Gasteiger partial charge on any atom is 0.230 e. The predicted octanol–water partition coefficient (Wildman–Crippen LogP) is 2.73. The van der Waals surface area contributed by atoms with E-state index in [1.807, 2.05) is 10.8 Å². The van der Waals surface area contributed by atoms with Gasteiger partial charge in [0.05, 0.1) is 11.4 Å². The summed E-state index contributed by atoms with van der Waals surface area (Å²) in [7, 11) is 1.66. The summed E-state index contributed by atoms with van der Waals surface area (Å²) < 4.78 is 6.98. The number of carbonyl (C=O) groups excluding carboxylic acids is 1. The van der Waals surface area contributed by atoms with Crippen LogP contribution in [-0.4, -0.2) is 41.5 Å². The van der Waals surface area contributed by atoms with Crippen LogP contribution >= 0.6 is 11.8 Å². The first-order valence-corrected chi connectivity index (χ1v) is 8.60. The number of benzene rings is 1. The van der Waals surface area contributed by atoms with Gasteiger partial charge in [0.15, 0.2) is 5.16 Å². The third-order valence-electron chi connectivity index (χ3n) is 3.40. The monoisotopic (exact) mass is 333 g/mol. The van der Waals surface area contributed by atoms with Crippen molar-refractivity contribution in [3.63, 3.8) is 0 Å². The third kappa shape index (κ3) is 5.11. The molecule has 0 unspecified atom stereocenters. The fraction of sp³-hybridized carbons (Fsp3) is 0.412. The average molecular weight is 333 g/mol. The molecule has 0 aliphatic heterocycles. The van der Waals surface area contributed by atoms with Gasteiger partial charge >= 0.3 is 0 Å². The van der Waals surface area contributed by atoms with Crippen LogP contribution in [0.2, 0.25) is 0 Å². The number of methoxy groups -OCH3 is 1. The van der Waals surface area contributed by atoms with Gasteiger partial charge in [0.25, 0.3) is 0 Å². The molecule has 1 aromatic carbocycles. The minimum Gasteiger partial charge on any atom is -0.385 e. The zero-order chi connectivity index (χ0) is 16.7. The maximum atomic E-state index is 11.9. The molecule has 0 saturated carbocycles. The summed E-state index contributed by atoms with van der Waals surface area (Å²) in [6, 6.07) is 6.31. The van der Waals surface area contributed by atoms with Crippen LogP contribution in [0.1, 0.15) is 17.5 Å². The molecule has 5 nitrogen and oxygen atoms in total. The Bertz CT molecular complexity index is 655. The van der Waals surface area contributed by atoms with Crippen LogP contribution in [0.25, 0.3) is 5.69 Å². The largest absolute Gasteiger partial charge is 0.385 e. The number of amides is 1. The Morgan fingerprint density at radius 2 is 2.22 bits per heavy atom. The van der Waals surface area contributed by atoms with Crippen molar-refractivity contribution in [3.8, 4) is 5.69 Å². The zero-order valence-corrected chi connectivity index (χ0v) is 14.7. The van der Waals surface area contributed by atoms with Crippen molar-refractivity contribution < 1.29 is 9.53 Å². The fourth-order valence-electron chi connectivity index (χ4n) is 2.28. The Kier molecular flexibility index (Phi) is 6.67. The van der Waals surface area contributed by atoms with E-state index in [2.05, 4.69) is 42.3 Å². The molecular weight excluding hydrogens is 310 g/mol. The first-order chi connectivity index (χ1) is 11.1. The van der Waals surface area contributed by atoms with Crippen molar-refractivity contribution in [1.29, 1.82) is 0 Å². The molecule has 1 N–H and O–H groups in total. The van der Waals surface area contributed by atoms with E-state index in [1.165, 1.54) is 22.9 Å². The van der Waals surface area contributed by atoms with E-state index < -0.39 is 0 Å². The number of rotatable bonds is 8. The number of aryl methyl sites for hydroxylation is 2. The lowest BCUT2D eigenvalue weighted by atomic mass is 10.1. The quantitative estimate of drug-likeness (QED) is 0.596. The average Bonchev–Trinajstić information content (AvgIpc) is 2.98. The highest BCUT2D eigenvalue weighted by Crippen LogP contribution is 2.23. The van der Waals surface area contributed by atoms with Crippen LogP contribution in [0.15, 0.2) is 35.7 Å². The van der Waals surface area contributed by atoms with Gasteiger partial charge in [-0.1, -0.05) is 29.5 Å². The van der Waals surface area contributed by atoms with Gasteiger partial charge in [-0.25, -0.2) is 4.98 Å². The lowest BCUT2D eigenvalue weighted by molar-refractivity contribution is -0.118. The number of imidazole rings is 1. The maximum absolute atomic E-state index is 11.9. The first kappa shape index (κ1) is 17.6. The van der Waals surface area contributed by atoms with E-state index in [9.17, 15) is 4.79 Å². The van der Waals surface area contributed by atoms with Crippen molar-refractivity contribution in [3.05, 3.63) is 41.7 Å². The van der Waals surface area contributed by atoms with E-state index in [0.29, 0.717) is 18.9 Å². The minimum absolute atomic E-state index is 0.0151. The van der Waals surface area contributed by atoms with Crippen LogP contribution in [0.4, 0.5) is 0 Å². The number of hydrogen-bond acceptors (Lipinski definition) is 4. The molecule has 0 saturated heterocycles. The Morgan fingerprint density at radius 1 is 1.39 bits per heavy atom. The number of hydrogen-bond donors (Lipinski definition) is 1. The molecule has 0 atom stereocenters. The SMILES string of the molecule is COCCCNC(=O)CSc1nccn1-c1ccc(C)cc1C. The molecule has 1 amide bonds. The van der Waals surface area contributed by atoms with E-state index in [-0.39, 0.29) is 5.91 Å². The summed E-state index contributed by atoms with van der Waals surface area (Å²) in [5.41, 5.74) is 3.51. The normalized spacial score (nSPS) is 10.7. The van der Waals surface area contributed by atoms with Crippen LogP contribution in [-0.2, 0) is 9.53 Å². The van der Waals surface area contributed by atoms with E-state index in [4.69, 9.17) is 4.74 Å². The highest BCUT2D eigenvalue weighted by Gasteiger charge is 2.10. The van der Waals surface area contributed by atoms with E-state index in [1.54, 1.807) is 13.3 Å². The predicted molar refractivity (Wildman–Crippen MR) is 93.3 cm³/mol. The molecule has 2 aromatic rings. The van der Waals surface area contributed by atoms with Gasteiger partial charge in [0.2, 0.25) is 5.91 Å². The van der Waals surface area contributed by atoms with Crippen LogP contribution in [0.3, 0.4) is 0 Å². The summed E-state index contributed by atoms with van der Waals surface area (Å²) in [5, 5.41) is 3.70. The standard InChI is InChI=1S/C17H23N3O2S/c1-13-5-6-15(14(2)11-13)20-9-8-19-17(20)23-12-16(21)18-7-4-10-22-3/h5-6,8-9,11H,4,7,10,12H2,1-3H3,(H,18,21). The van der Waals surface area contributed by atoms with E-state index >= 15 is 0 Å². The molecule has 0 radical (unpaired) electrons. The number of aromatic nitrogens is 2. The van der Waals surface area contributed by atoms with Crippen LogP contribution in [0, 0.1) is 13.8 Å². The first-order valence-electron chi connectivity index (χ1n) is 7.61. The molecule has 0 aliphatic carbocycles. The Hall–Kier alpha value is -1.79. The Labute approximate surface area is 141 Å². The number of ether oxygens (including phenoxy) is 1. The topological polar surface area (TPSA) is 56.1 Å². The van der Waals surface area contributed by atoms with Gasteiger partial charge in [0.1, 0.15) is 0 Å². The Morgan fingerprint density at radius 3 is 2.96 bits per heavy atom. The molecule has 0 aliphatic rings. The molecule has 0 bridgehead atoms. The highest BCUT2D eigenvalue weighted by atomic mass is 32.2. The lowest BCUT2D eigenvalue weighted by Crippen LogP contribution is -2.26. The van der Waals surface area contributed by atoms with Crippen molar-refractivity contribution >= 4 is 17.7 Å². The number of nitrogens with one attached hydrogen (secondary N) is 1. The van der Waals surface area contributed by atoms with Crippen molar-refractivity contribution in [1.82, 2.24) is 14.9 Å². The second-order valence-electron chi connectivity index (χ2n) is 5.35. The van der Waals surface area contributed by atoms with E-state index in [0.717, 1.165) is 17.3 Å². The van der Waals surface area contributed by atoms with Gasteiger partial charge in [-0.3, -0.25) is 9.36 Å². The summed E-state index contributed by atoms with van der Waals surface area (Å²) in [6.45, 7) is 5.46. The van der Waals surface area contributed by atoms with Gasteiger partial charge < -0.3 is 10.1 Å². The summed E-state index contributed by atoms with van der Waals surface area (Å²) >= 11 is 1.44. The summed E-state index contributed by atoms with van der Waals surface area (Å²) in [6.07, 6.45) is 4.51. The van der Waals surface area contributed by atoms with Gasteiger partial charge in [-0.05, 0) is 31.9 Å². The minimum atomic E-state index is 0.0151. The van der Waals surface area contributed by atoms with Crippen molar-refractivity contribution in [2.24, 2.45) is 0 Å². The summed E-state index contributed by atoms with van der Waals surface area (Å²) in [4.78, 5) is 16.2. The number of thioether (sulfide) groups is 1. The molecule has 2 rings (SSSR count). The molecular formula is C17H23N3O2S. The van der Waals surface area contributed by atoms with Crippen LogP contribution in [0.5, 0.6) is 0 Å². The second kappa shape index (κ2) is 8.74. The molecule has 1 heterocycles. The van der Waals surface area contributed by atoms with Crippen molar-refractivity contribution in [2.75, 3.05) is 26.0 Å². The number of carbonyl (C=O) groups is 1. The second-order valence-corrected chi connectivity index (χ2v) is 6.30. The third-order valence-corrected chi connectivity index (χ3v) is 4.37. The van der Waals surface area contributed by atoms with Crippen LogP contribution < -0.4 is 5.32 Å². The lowest BCUT2D eigenvalue weighted by Gasteiger charge is -2.11. The molecule has 6 heteroatoms. The molecule has 124 valence electrons. The highest BCUT2D eigenvalue weighted by molar-refractivity contribution is 7.99. The summed E-state index contributed by atoms with van der Waals surface area (Å²) in [5.74, 6) is 0.371. The van der Waals surface area contributed by atoms with Crippen molar-refractivity contribution in [2.45, 2.75) is 25.4 Å². The molecule has 0 fully saturated rings. The van der Waals surface area contributed by atoms with Gasteiger partial charge in [-0.2, -0.15) is 0 Å². The zero-order valence-electron chi connectivity index (χ0n) is 13.8. The fourth-order valence-corrected chi connectivity index (χ4v) is 3.08.